The highest BCUT2D eigenvalue weighted by Crippen LogP contribution is 2.23. The predicted molar refractivity (Wildman–Crippen MR) is 88.3 cm³/mol. The van der Waals surface area contributed by atoms with E-state index in [1.807, 2.05) is 36.4 Å². The molecule has 22 heavy (non-hydrogen) atoms. The number of oxazole rings is 1. The summed E-state index contributed by atoms with van der Waals surface area (Å²) < 4.78 is 5.27. The first-order valence-electron chi connectivity index (χ1n) is 6.56. The van der Waals surface area contributed by atoms with Crippen LogP contribution in [0.25, 0.3) is 11.3 Å². The van der Waals surface area contributed by atoms with E-state index in [4.69, 9.17) is 21.8 Å². The second-order valence-corrected chi connectivity index (χ2v) is 4.98. The van der Waals surface area contributed by atoms with Crippen molar-refractivity contribution < 1.29 is 4.42 Å². The maximum atomic E-state index is 5.93. The molecule has 0 saturated carbocycles. The maximum Gasteiger partial charge on any atom is 0.198 e. The number of aliphatic imine (C=N–C) groups is 1. The van der Waals surface area contributed by atoms with Crippen molar-refractivity contribution in [3.05, 3.63) is 66.1 Å². The van der Waals surface area contributed by atoms with Gasteiger partial charge in [-0.25, -0.2) is 9.98 Å². The largest absolute Gasteiger partial charge is 0.444 e. The lowest BCUT2D eigenvalue weighted by Gasteiger charge is -2.06. The van der Waals surface area contributed by atoms with Gasteiger partial charge in [0.05, 0.1) is 11.9 Å². The van der Waals surface area contributed by atoms with Gasteiger partial charge in [0.1, 0.15) is 0 Å². The third-order valence-corrected chi connectivity index (χ3v) is 3.14. The molecule has 2 aromatic carbocycles. The number of nitrogens with two attached hydrogens (primary N) is 1. The molecule has 3 N–H and O–H groups in total. The number of guanidine groups is 1. The fraction of sp³-hybridized carbons (Fsp3) is 0. The Labute approximate surface area is 132 Å². The zero-order valence-electron chi connectivity index (χ0n) is 11.5. The van der Waals surface area contributed by atoms with Crippen LogP contribution < -0.4 is 11.1 Å². The lowest BCUT2D eigenvalue weighted by Crippen LogP contribution is -2.21. The first-order chi connectivity index (χ1) is 10.7. The number of aromatic nitrogens is 1. The van der Waals surface area contributed by atoms with Gasteiger partial charge in [0, 0.05) is 16.3 Å². The molecule has 0 spiro atoms. The summed E-state index contributed by atoms with van der Waals surface area (Å²) in [6, 6.07) is 14.8. The molecule has 0 saturated heterocycles. The Morgan fingerprint density at radius 2 is 2.05 bits per heavy atom. The summed E-state index contributed by atoms with van der Waals surface area (Å²) in [4.78, 5) is 8.23. The molecule has 0 aliphatic heterocycles. The van der Waals surface area contributed by atoms with Crippen molar-refractivity contribution in [1.29, 1.82) is 0 Å². The molecule has 3 aromatic rings. The Morgan fingerprint density at radius 3 is 2.82 bits per heavy atom. The van der Waals surface area contributed by atoms with Gasteiger partial charge in [0.15, 0.2) is 18.1 Å². The normalized spacial score (nSPS) is 11.4. The van der Waals surface area contributed by atoms with E-state index < -0.39 is 0 Å². The Hall–Kier alpha value is -2.79. The van der Waals surface area contributed by atoms with E-state index in [0.717, 1.165) is 11.3 Å². The van der Waals surface area contributed by atoms with Gasteiger partial charge in [-0.3, -0.25) is 0 Å². The summed E-state index contributed by atoms with van der Waals surface area (Å²) in [5.41, 5.74) is 8.29. The van der Waals surface area contributed by atoms with Crippen molar-refractivity contribution in [2.24, 2.45) is 10.7 Å². The summed E-state index contributed by atoms with van der Waals surface area (Å²) in [6.07, 6.45) is 3.04. The van der Waals surface area contributed by atoms with E-state index in [-0.39, 0.29) is 5.96 Å². The molecule has 0 amide bonds. The highest BCUT2D eigenvalue weighted by Gasteiger charge is 2.03. The highest BCUT2D eigenvalue weighted by atomic mass is 35.5. The fourth-order valence-electron chi connectivity index (χ4n) is 1.97. The zero-order valence-corrected chi connectivity index (χ0v) is 12.3. The van der Waals surface area contributed by atoms with Crippen LogP contribution in [0.3, 0.4) is 0 Å². The second-order valence-electron chi connectivity index (χ2n) is 4.55. The average Bonchev–Trinajstić information content (AvgIpc) is 3.01. The van der Waals surface area contributed by atoms with Gasteiger partial charge in [0.2, 0.25) is 0 Å². The molecule has 1 heterocycles. The molecule has 0 atom stereocenters. The smallest absolute Gasteiger partial charge is 0.198 e. The van der Waals surface area contributed by atoms with Crippen LogP contribution in [-0.2, 0) is 0 Å². The molecule has 5 nitrogen and oxygen atoms in total. The molecule has 0 aliphatic rings. The Morgan fingerprint density at radius 1 is 1.18 bits per heavy atom. The quantitative estimate of drug-likeness (QED) is 0.565. The molecule has 0 bridgehead atoms. The van der Waals surface area contributed by atoms with Crippen molar-refractivity contribution in [3.8, 4) is 11.3 Å². The van der Waals surface area contributed by atoms with E-state index in [2.05, 4.69) is 15.3 Å². The standard InChI is InChI=1S/C16H13ClN4O/c17-12-4-2-6-14(8-12)21-16(18)20-13-5-1-3-11(7-13)15-9-19-10-22-15/h1-10H,(H3,18,20,21). The number of hydrogen-bond acceptors (Lipinski definition) is 3. The van der Waals surface area contributed by atoms with E-state index in [1.54, 1.807) is 18.3 Å². The van der Waals surface area contributed by atoms with E-state index >= 15 is 0 Å². The molecule has 3 rings (SSSR count). The minimum absolute atomic E-state index is 0.275. The highest BCUT2D eigenvalue weighted by molar-refractivity contribution is 6.30. The van der Waals surface area contributed by atoms with Gasteiger partial charge in [-0.05, 0) is 30.3 Å². The van der Waals surface area contributed by atoms with Crippen LogP contribution in [0.1, 0.15) is 0 Å². The van der Waals surface area contributed by atoms with E-state index in [9.17, 15) is 0 Å². The summed E-state index contributed by atoms with van der Waals surface area (Å²) >= 11 is 5.93. The topological polar surface area (TPSA) is 76.4 Å². The molecular weight excluding hydrogens is 300 g/mol. The van der Waals surface area contributed by atoms with Crippen LogP contribution in [0, 0.1) is 0 Å². The summed E-state index contributed by atoms with van der Waals surface area (Å²) in [5, 5.41) is 3.62. The lowest BCUT2D eigenvalue weighted by atomic mass is 10.1. The Kier molecular flexibility index (Phi) is 4.07. The van der Waals surface area contributed by atoms with Gasteiger partial charge < -0.3 is 15.5 Å². The van der Waals surface area contributed by atoms with Gasteiger partial charge >= 0.3 is 0 Å². The third-order valence-electron chi connectivity index (χ3n) is 2.91. The van der Waals surface area contributed by atoms with E-state index in [0.29, 0.717) is 16.5 Å². The molecule has 0 fully saturated rings. The van der Waals surface area contributed by atoms with Crippen molar-refractivity contribution in [2.45, 2.75) is 0 Å². The number of halogens is 1. The van der Waals surface area contributed by atoms with Gasteiger partial charge in [-0.2, -0.15) is 0 Å². The van der Waals surface area contributed by atoms with Crippen molar-refractivity contribution in [3.63, 3.8) is 0 Å². The Balaban J connectivity index is 1.81. The molecule has 0 radical (unpaired) electrons. The molecule has 1 aromatic heterocycles. The molecule has 110 valence electrons. The SMILES string of the molecule is NC(=Nc1cccc(-c2cnco2)c1)Nc1cccc(Cl)c1. The molecule has 0 unspecified atom stereocenters. The molecular formula is C16H13ClN4O. The lowest BCUT2D eigenvalue weighted by molar-refractivity contribution is 0.572. The Bertz CT molecular complexity index is 799. The number of nitrogens with one attached hydrogen (secondary N) is 1. The number of hydrogen-bond donors (Lipinski definition) is 2. The van der Waals surface area contributed by atoms with Crippen molar-refractivity contribution in [2.75, 3.05) is 5.32 Å². The minimum atomic E-state index is 0.275. The van der Waals surface area contributed by atoms with Crippen molar-refractivity contribution in [1.82, 2.24) is 4.98 Å². The van der Waals surface area contributed by atoms with Crippen LogP contribution >= 0.6 is 11.6 Å². The predicted octanol–water partition coefficient (Wildman–Crippen LogP) is 4.05. The summed E-state index contributed by atoms with van der Waals surface area (Å²) in [6.45, 7) is 0. The third kappa shape index (κ3) is 3.45. The van der Waals surface area contributed by atoms with Crippen LogP contribution in [-0.4, -0.2) is 10.9 Å². The van der Waals surface area contributed by atoms with Gasteiger partial charge in [-0.15, -0.1) is 0 Å². The average molecular weight is 313 g/mol. The fourth-order valence-corrected chi connectivity index (χ4v) is 2.16. The van der Waals surface area contributed by atoms with Crippen LogP contribution in [0.5, 0.6) is 0 Å². The van der Waals surface area contributed by atoms with Gasteiger partial charge in [-0.1, -0.05) is 29.8 Å². The van der Waals surface area contributed by atoms with Crippen LogP contribution in [0.15, 0.2) is 70.5 Å². The number of rotatable bonds is 3. The maximum absolute atomic E-state index is 5.93. The van der Waals surface area contributed by atoms with Crippen LogP contribution in [0.4, 0.5) is 11.4 Å². The zero-order chi connectivity index (χ0) is 15.4. The molecule has 6 heteroatoms. The summed E-state index contributed by atoms with van der Waals surface area (Å²) in [7, 11) is 0. The van der Waals surface area contributed by atoms with Gasteiger partial charge in [0.25, 0.3) is 0 Å². The number of benzene rings is 2. The monoisotopic (exact) mass is 312 g/mol. The second kappa shape index (κ2) is 6.32. The van der Waals surface area contributed by atoms with Crippen LogP contribution in [0.2, 0.25) is 5.02 Å². The number of anilines is 1. The first-order valence-corrected chi connectivity index (χ1v) is 6.94. The minimum Gasteiger partial charge on any atom is -0.444 e. The summed E-state index contributed by atoms with van der Waals surface area (Å²) in [5.74, 6) is 0.954. The molecule has 0 aliphatic carbocycles. The van der Waals surface area contributed by atoms with E-state index in [1.165, 1.54) is 6.39 Å². The van der Waals surface area contributed by atoms with Crippen molar-refractivity contribution >= 4 is 28.9 Å². The number of nitrogens with zero attached hydrogens (tertiary/aromatic N) is 2. The first kappa shape index (κ1) is 14.2.